The van der Waals surface area contributed by atoms with Gasteiger partial charge < -0.3 is 15.3 Å². The molecule has 0 bridgehead atoms. The molecule has 3 N–H and O–H groups in total. The monoisotopic (exact) mass is 274 g/mol. The van der Waals surface area contributed by atoms with Crippen LogP contribution < -0.4 is 0 Å². The van der Waals surface area contributed by atoms with Crippen molar-refractivity contribution in [3.8, 4) is 0 Å². The third-order valence-electron chi connectivity index (χ3n) is 2.24. The van der Waals surface area contributed by atoms with E-state index >= 15 is 0 Å². The summed E-state index contributed by atoms with van der Waals surface area (Å²) in [6, 6.07) is 5.45. The SMILES string of the molecule is O=C(O)c1ccc(CS(=O)(=O)CC(O)CO)cc1. The Balaban J connectivity index is 2.75. The normalized spacial score (nSPS) is 13.2. The van der Waals surface area contributed by atoms with E-state index in [0.29, 0.717) is 5.56 Å². The molecule has 0 aromatic heterocycles. The number of benzene rings is 1. The molecular weight excluding hydrogens is 260 g/mol. The Morgan fingerprint density at radius 2 is 1.78 bits per heavy atom. The fraction of sp³-hybridized carbons (Fsp3) is 0.364. The minimum atomic E-state index is -3.54. The lowest BCUT2D eigenvalue weighted by molar-refractivity contribution is 0.0697. The summed E-state index contributed by atoms with van der Waals surface area (Å²) >= 11 is 0. The van der Waals surface area contributed by atoms with Gasteiger partial charge in [0, 0.05) is 0 Å². The molecule has 1 rings (SSSR count). The van der Waals surface area contributed by atoms with E-state index in [1.54, 1.807) is 0 Å². The first-order chi connectivity index (χ1) is 8.34. The number of rotatable bonds is 6. The van der Waals surface area contributed by atoms with Crippen LogP contribution in [0.1, 0.15) is 15.9 Å². The molecular formula is C11H14O6S. The zero-order chi connectivity index (χ0) is 13.8. The highest BCUT2D eigenvalue weighted by atomic mass is 32.2. The molecule has 1 atom stereocenters. The fourth-order valence-corrected chi connectivity index (χ4v) is 2.91. The molecule has 6 nitrogen and oxygen atoms in total. The minimum Gasteiger partial charge on any atom is -0.478 e. The standard InChI is InChI=1S/C11H14O6S/c12-5-10(13)7-18(16,17)6-8-1-3-9(4-2-8)11(14)15/h1-4,10,12-13H,5-7H2,(H,14,15). The van der Waals surface area contributed by atoms with Crippen molar-refractivity contribution in [1.82, 2.24) is 0 Å². The quantitative estimate of drug-likeness (QED) is 0.654. The van der Waals surface area contributed by atoms with Crippen molar-refractivity contribution in [2.75, 3.05) is 12.4 Å². The second-order valence-corrected chi connectivity index (χ2v) is 6.00. The number of carbonyl (C=O) groups is 1. The number of aliphatic hydroxyl groups is 2. The van der Waals surface area contributed by atoms with Crippen LogP contribution in [-0.2, 0) is 15.6 Å². The van der Waals surface area contributed by atoms with Crippen molar-refractivity contribution in [3.63, 3.8) is 0 Å². The first kappa shape index (κ1) is 14.6. The molecule has 0 spiro atoms. The molecule has 1 aromatic carbocycles. The summed E-state index contributed by atoms with van der Waals surface area (Å²) < 4.78 is 23.2. The van der Waals surface area contributed by atoms with Crippen LogP contribution in [0.15, 0.2) is 24.3 Å². The molecule has 0 saturated heterocycles. The summed E-state index contributed by atoms with van der Waals surface area (Å²) in [7, 11) is -3.54. The third kappa shape index (κ3) is 4.44. The van der Waals surface area contributed by atoms with Gasteiger partial charge in [0.15, 0.2) is 9.84 Å². The van der Waals surface area contributed by atoms with Crippen molar-refractivity contribution in [1.29, 1.82) is 0 Å². The van der Waals surface area contributed by atoms with Gasteiger partial charge in [-0.1, -0.05) is 12.1 Å². The van der Waals surface area contributed by atoms with E-state index in [-0.39, 0.29) is 11.3 Å². The van der Waals surface area contributed by atoms with Crippen LogP contribution in [0.25, 0.3) is 0 Å². The van der Waals surface area contributed by atoms with Crippen molar-refractivity contribution >= 4 is 15.8 Å². The van der Waals surface area contributed by atoms with E-state index < -0.39 is 34.3 Å². The van der Waals surface area contributed by atoms with Crippen LogP contribution in [-0.4, -0.2) is 48.2 Å². The van der Waals surface area contributed by atoms with Crippen LogP contribution in [0.2, 0.25) is 0 Å². The lowest BCUT2D eigenvalue weighted by Crippen LogP contribution is -2.25. The molecule has 0 fully saturated rings. The first-order valence-electron chi connectivity index (χ1n) is 5.15. The highest BCUT2D eigenvalue weighted by Gasteiger charge is 2.17. The topological polar surface area (TPSA) is 112 Å². The number of aromatic carboxylic acids is 1. The molecule has 0 saturated carbocycles. The zero-order valence-corrected chi connectivity index (χ0v) is 10.3. The van der Waals surface area contributed by atoms with E-state index in [1.807, 2.05) is 0 Å². The molecule has 18 heavy (non-hydrogen) atoms. The maximum absolute atomic E-state index is 11.6. The second-order valence-electron chi connectivity index (χ2n) is 3.89. The Bertz CT molecular complexity index is 505. The van der Waals surface area contributed by atoms with Crippen LogP contribution in [0.4, 0.5) is 0 Å². The number of hydrogen-bond donors (Lipinski definition) is 3. The van der Waals surface area contributed by atoms with E-state index in [9.17, 15) is 13.2 Å². The number of sulfone groups is 1. The van der Waals surface area contributed by atoms with Crippen LogP contribution >= 0.6 is 0 Å². The third-order valence-corrected chi connectivity index (χ3v) is 3.91. The first-order valence-corrected chi connectivity index (χ1v) is 6.98. The molecule has 0 radical (unpaired) electrons. The summed E-state index contributed by atoms with van der Waals surface area (Å²) in [5, 5.41) is 26.3. The van der Waals surface area contributed by atoms with Gasteiger partial charge in [-0.05, 0) is 17.7 Å². The summed E-state index contributed by atoms with van der Waals surface area (Å²) in [5.74, 6) is -1.91. The van der Waals surface area contributed by atoms with E-state index in [0.717, 1.165) is 0 Å². The molecule has 100 valence electrons. The van der Waals surface area contributed by atoms with Crippen molar-refractivity contribution in [2.45, 2.75) is 11.9 Å². The largest absolute Gasteiger partial charge is 0.478 e. The summed E-state index contributed by atoms with van der Waals surface area (Å²) in [4.78, 5) is 10.6. The van der Waals surface area contributed by atoms with E-state index in [2.05, 4.69) is 0 Å². The predicted molar refractivity (Wildman–Crippen MR) is 64.0 cm³/mol. The van der Waals surface area contributed by atoms with Crippen molar-refractivity contribution in [3.05, 3.63) is 35.4 Å². The average molecular weight is 274 g/mol. The van der Waals surface area contributed by atoms with Gasteiger partial charge in [0.05, 0.1) is 29.8 Å². The highest BCUT2D eigenvalue weighted by molar-refractivity contribution is 7.90. The summed E-state index contributed by atoms with van der Waals surface area (Å²) in [6.45, 7) is -0.614. The van der Waals surface area contributed by atoms with Gasteiger partial charge >= 0.3 is 5.97 Å². The Morgan fingerprint density at radius 3 is 2.22 bits per heavy atom. The van der Waals surface area contributed by atoms with Gasteiger partial charge in [0.1, 0.15) is 0 Å². The maximum Gasteiger partial charge on any atom is 0.335 e. The molecule has 0 amide bonds. The van der Waals surface area contributed by atoms with Gasteiger partial charge in [-0.3, -0.25) is 0 Å². The Kier molecular flexibility index (Phi) is 4.83. The lowest BCUT2D eigenvalue weighted by atomic mass is 10.1. The molecule has 0 aliphatic heterocycles. The molecule has 0 aliphatic carbocycles. The summed E-state index contributed by atoms with van der Waals surface area (Å²) in [5.41, 5.74) is 0.511. The van der Waals surface area contributed by atoms with Crippen LogP contribution in [0.3, 0.4) is 0 Å². The Morgan fingerprint density at radius 1 is 1.22 bits per heavy atom. The van der Waals surface area contributed by atoms with Gasteiger partial charge in [0.25, 0.3) is 0 Å². The minimum absolute atomic E-state index is 0.0755. The summed E-state index contributed by atoms with van der Waals surface area (Å²) in [6.07, 6.45) is -1.30. The second kappa shape index (κ2) is 5.94. The lowest BCUT2D eigenvalue weighted by Gasteiger charge is -2.08. The number of carboxylic acid groups (broad SMARTS) is 1. The number of hydrogen-bond acceptors (Lipinski definition) is 5. The van der Waals surface area contributed by atoms with Crippen molar-refractivity contribution < 1.29 is 28.5 Å². The Hall–Kier alpha value is -1.44. The van der Waals surface area contributed by atoms with Crippen LogP contribution in [0.5, 0.6) is 0 Å². The van der Waals surface area contributed by atoms with Crippen molar-refractivity contribution in [2.24, 2.45) is 0 Å². The van der Waals surface area contributed by atoms with Gasteiger partial charge in [-0.15, -0.1) is 0 Å². The van der Waals surface area contributed by atoms with Gasteiger partial charge in [-0.2, -0.15) is 0 Å². The molecule has 0 aliphatic rings. The number of carboxylic acids is 1. The maximum atomic E-state index is 11.6. The molecule has 7 heteroatoms. The van der Waals surface area contributed by atoms with Gasteiger partial charge in [-0.25, -0.2) is 13.2 Å². The average Bonchev–Trinajstić information content (AvgIpc) is 2.28. The Labute approximate surface area is 104 Å². The molecule has 0 heterocycles. The molecule has 1 aromatic rings. The predicted octanol–water partition coefficient (Wildman–Crippen LogP) is -0.347. The van der Waals surface area contributed by atoms with Gasteiger partial charge in [0.2, 0.25) is 0 Å². The smallest absolute Gasteiger partial charge is 0.335 e. The van der Waals surface area contributed by atoms with E-state index in [4.69, 9.17) is 15.3 Å². The fourth-order valence-electron chi connectivity index (χ4n) is 1.40. The zero-order valence-electron chi connectivity index (χ0n) is 9.48. The van der Waals surface area contributed by atoms with E-state index in [1.165, 1.54) is 24.3 Å². The molecule has 1 unspecified atom stereocenters. The van der Waals surface area contributed by atoms with Crippen LogP contribution in [0, 0.1) is 0 Å². The highest BCUT2D eigenvalue weighted by Crippen LogP contribution is 2.10. The number of aliphatic hydroxyl groups excluding tert-OH is 2.